The summed E-state index contributed by atoms with van der Waals surface area (Å²) in [5, 5.41) is 25.8. The summed E-state index contributed by atoms with van der Waals surface area (Å²) in [7, 11) is 0. The van der Waals surface area contributed by atoms with Crippen LogP contribution in [0.3, 0.4) is 0 Å². The third kappa shape index (κ3) is 10.4. The van der Waals surface area contributed by atoms with Crippen LogP contribution in [-0.4, -0.2) is 69.8 Å². The molecule has 7 N–H and O–H groups in total. The Kier molecular flexibility index (Phi) is 12.8. The van der Waals surface area contributed by atoms with E-state index >= 15 is 0 Å². The Hall–Kier alpha value is -3.12. The second-order valence-corrected chi connectivity index (χ2v) is 8.60. The van der Waals surface area contributed by atoms with Gasteiger partial charge in [-0.15, -0.1) is 0 Å². The second-order valence-electron chi connectivity index (χ2n) is 8.24. The first-order valence-electron chi connectivity index (χ1n) is 11.3. The van der Waals surface area contributed by atoms with Crippen molar-refractivity contribution >= 4 is 42.3 Å². The zero-order valence-electron chi connectivity index (χ0n) is 19.8. The minimum atomic E-state index is -1.35. The Balaban J connectivity index is 2.94. The maximum Gasteiger partial charge on any atom is 0.326 e. The third-order valence-electron chi connectivity index (χ3n) is 5.55. The number of carboxylic acid groups (broad SMARTS) is 2. The minimum absolute atomic E-state index is 0.00959. The fourth-order valence-corrected chi connectivity index (χ4v) is 3.36. The van der Waals surface area contributed by atoms with Crippen molar-refractivity contribution in [1.29, 1.82) is 0 Å². The Labute approximate surface area is 209 Å². The summed E-state index contributed by atoms with van der Waals surface area (Å²) in [5.74, 6) is -4.92. The lowest BCUT2D eigenvalue weighted by molar-refractivity contribution is -0.143. The molecule has 0 saturated carbocycles. The highest BCUT2D eigenvalue weighted by Gasteiger charge is 2.31. The number of nitrogens with two attached hydrogens (primary N) is 1. The Bertz CT molecular complexity index is 884. The van der Waals surface area contributed by atoms with Crippen LogP contribution >= 0.6 is 12.6 Å². The first kappa shape index (κ1) is 29.9. The second kappa shape index (κ2) is 15.0. The SMILES string of the molecule is CCC(C)C(N)C(=O)NC(CS)C(=O)NC(CCC(=O)O)C(=O)NC(Cc1ccccc1)C(=O)O. The molecule has 1 aromatic carbocycles. The molecule has 0 fully saturated rings. The molecule has 0 spiro atoms. The molecule has 5 unspecified atom stereocenters. The maximum absolute atomic E-state index is 12.9. The molecule has 0 aliphatic carbocycles. The van der Waals surface area contributed by atoms with Crippen molar-refractivity contribution in [2.45, 2.75) is 63.7 Å². The van der Waals surface area contributed by atoms with Crippen molar-refractivity contribution in [2.24, 2.45) is 11.7 Å². The van der Waals surface area contributed by atoms with E-state index in [4.69, 9.17) is 10.8 Å². The average molecular weight is 511 g/mol. The van der Waals surface area contributed by atoms with Crippen LogP contribution in [0.5, 0.6) is 0 Å². The molecular weight excluding hydrogens is 476 g/mol. The predicted molar refractivity (Wildman–Crippen MR) is 132 cm³/mol. The van der Waals surface area contributed by atoms with Crippen molar-refractivity contribution in [1.82, 2.24) is 16.0 Å². The largest absolute Gasteiger partial charge is 0.481 e. The number of nitrogens with one attached hydrogen (secondary N) is 3. The number of carbonyl (C=O) groups excluding carboxylic acids is 3. The van der Waals surface area contributed by atoms with E-state index in [1.165, 1.54) is 0 Å². The third-order valence-corrected chi connectivity index (χ3v) is 5.92. The van der Waals surface area contributed by atoms with Gasteiger partial charge in [0.15, 0.2) is 0 Å². The van der Waals surface area contributed by atoms with Crippen molar-refractivity contribution in [3.05, 3.63) is 35.9 Å². The van der Waals surface area contributed by atoms with Gasteiger partial charge in [-0.2, -0.15) is 12.6 Å². The number of hydrogen-bond acceptors (Lipinski definition) is 7. The zero-order chi connectivity index (χ0) is 26.5. The molecule has 194 valence electrons. The molecule has 0 aromatic heterocycles. The molecule has 0 heterocycles. The van der Waals surface area contributed by atoms with Gasteiger partial charge in [-0.1, -0.05) is 50.6 Å². The average Bonchev–Trinajstić information content (AvgIpc) is 2.83. The van der Waals surface area contributed by atoms with Gasteiger partial charge in [-0.05, 0) is 17.9 Å². The molecule has 0 bridgehead atoms. The summed E-state index contributed by atoms with van der Waals surface area (Å²) in [5.41, 5.74) is 6.57. The summed E-state index contributed by atoms with van der Waals surface area (Å²) < 4.78 is 0. The summed E-state index contributed by atoms with van der Waals surface area (Å²) in [6.45, 7) is 3.66. The standard InChI is InChI=1S/C23H34N4O7S/c1-3-13(2)19(24)22(32)27-17(12-35)21(31)25-15(9-10-18(28)29)20(30)26-16(23(33)34)11-14-7-5-4-6-8-14/h4-8,13,15-17,19,35H,3,9-12,24H2,1-2H3,(H,25,31)(H,26,30)(H,27,32)(H,28,29)(H,33,34). The van der Waals surface area contributed by atoms with Crippen LogP contribution in [-0.2, 0) is 30.4 Å². The van der Waals surface area contributed by atoms with Gasteiger partial charge in [0, 0.05) is 18.6 Å². The van der Waals surface area contributed by atoms with Gasteiger partial charge in [0.05, 0.1) is 6.04 Å². The van der Waals surface area contributed by atoms with E-state index in [1.54, 1.807) is 37.3 Å². The Morgan fingerprint density at radius 2 is 1.46 bits per heavy atom. The lowest BCUT2D eigenvalue weighted by Gasteiger charge is -2.25. The molecule has 1 aromatic rings. The van der Waals surface area contributed by atoms with Crippen molar-refractivity contribution in [3.63, 3.8) is 0 Å². The number of carboxylic acids is 2. The Morgan fingerprint density at radius 3 is 1.97 bits per heavy atom. The van der Waals surface area contributed by atoms with Gasteiger partial charge < -0.3 is 31.9 Å². The fourth-order valence-electron chi connectivity index (χ4n) is 3.11. The highest BCUT2D eigenvalue weighted by Crippen LogP contribution is 2.08. The van der Waals surface area contributed by atoms with E-state index < -0.39 is 60.2 Å². The van der Waals surface area contributed by atoms with Crippen molar-refractivity contribution in [3.8, 4) is 0 Å². The van der Waals surface area contributed by atoms with Crippen LogP contribution in [0.15, 0.2) is 30.3 Å². The van der Waals surface area contributed by atoms with E-state index in [2.05, 4.69) is 28.6 Å². The van der Waals surface area contributed by atoms with Gasteiger partial charge in [0.1, 0.15) is 18.1 Å². The molecular formula is C23H34N4O7S. The van der Waals surface area contributed by atoms with Crippen molar-refractivity contribution < 1.29 is 34.2 Å². The highest BCUT2D eigenvalue weighted by molar-refractivity contribution is 7.80. The van der Waals surface area contributed by atoms with Crippen LogP contribution in [0, 0.1) is 5.92 Å². The first-order valence-corrected chi connectivity index (χ1v) is 11.9. The number of benzene rings is 1. The van der Waals surface area contributed by atoms with E-state index in [-0.39, 0.29) is 24.5 Å². The molecule has 3 amide bonds. The zero-order valence-corrected chi connectivity index (χ0v) is 20.7. The van der Waals surface area contributed by atoms with Gasteiger partial charge in [0.2, 0.25) is 17.7 Å². The highest BCUT2D eigenvalue weighted by atomic mass is 32.1. The van der Waals surface area contributed by atoms with E-state index in [1.807, 2.05) is 6.92 Å². The molecule has 35 heavy (non-hydrogen) atoms. The number of aliphatic carboxylic acids is 2. The lowest BCUT2D eigenvalue weighted by atomic mass is 9.99. The molecule has 5 atom stereocenters. The van der Waals surface area contributed by atoms with Gasteiger partial charge >= 0.3 is 11.9 Å². The quantitative estimate of drug-likeness (QED) is 0.160. The number of amides is 3. The number of thiol groups is 1. The normalized spacial score (nSPS) is 15.1. The Morgan fingerprint density at radius 1 is 0.914 bits per heavy atom. The van der Waals surface area contributed by atoms with Gasteiger partial charge in [-0.3, -0.25) is 19.2 Å². The molecule has 0 radical (unpaired) electrons. The van der Waals surface area contributed by atoms with Crippen LogP contribution in [0.25, 0.3) is 0 Å². The topological polar surface area (TPSA) is 188 Å². The number of carbonyl (C=O) groups is 5. The fraction of sp³-hybridized carbons (Fsp3) is 0.522. The molecule has 11 nitrogen and oxygen atoms in total. The summed E-state index contributed by atoms with van der Waals surface area (Å²) in [6, 6.07) is 3.99. The van der Waals surface area contributed by atoms with E-state index in [0.29, 0.717) is 12.0 Å². The van der Waals surface area contributed by atoms with Gasteiger partial charge in [0.25, 0.3) is 0 Å². The molecule has 0 saturated heterocycles. The predicted octanol–water partition coefficient (Wildman–Crippen LogP) is -0.0639. The maximum atomic E-state index is 12.9. The first-order chi connectivity index (χ1) is 16.5. The molecule has 1 rings (SSSR count). The van der Waals surface area contributed by atoms with Crippen LogP contribution in [0.2, 0.25) is 0 Å². The molecule has 12 heteroatoms. The van der Waals surface area contributed by atoms with Gasteiger partial charge in [-0.25, -0.2) is 4.79 Å². The minimum Gasteiger partial charge on any atom is -0.481 e. The van der Waals surface area contributed by atoms with Crippen molar-refractivity contribution in [2.75, 3.05) is 5.75 Å². The lowest BCUT2D eigenvalue weighted by Crippen LogP contribution is -2.58. The summed E-state index contributed by atoms with van der Waals surface area (Å²) >= 11 is 4.08. The molecule has 0 aliphatic heterocycles. The monoisotopic (exact) mass is 510 g/mol. The number of rotatable bonds is 15. The number of hydrogen-bond donors (Lipinski definition) is 7. The summed E-state index contributed by atoms with van der Waals surface area (Å²) in [4.78, 5) is 60.8. The smallest absolute Gasteiger partial charge is 0.326 e. The van der Waals surface area contributed by atoms with E-state index in [0.717, 1.165) is 0 Å². The van der Waals surface area contributed by atoms with Crippen LogP contribution < -0.4 is 21.7 Å². The van der Waals surface area contributed by atoms with Crippen LogP contribution in [0.1, 0.15) is 38.7 Å². The summed E-state index contributed by atoms with van der Waals surface area (Å²) in [6.07, 6.45) is -0.0996. The molecule has 0 aliphatic rings. The van der Waals surface area contributed by atoms with E-state index in [9.17, 15) is 29.1 Å². The van der Waals surface area contributed by atoms with Crippen LogP contribution in [0.4, 0.5) is 0 Å².